The lowest BCUT2D eigenvalue weighted by molar-refractivity contribution is -0.129. The predicted octanol–water partition coefficient (Wildman–Crippen LogP) is 3.21. The number of likely N-dealkylation sites (tertiary alicyclic amines) is 1. The van der Waals surface area contributed by atoms with Crippen molar-refractivity contribution in [2.75, 3.05) is 24.7 Å². The van der Waals surface area contributed by atoms with E-state index < -0.39 is 0 Å². The van der Waals surface area contributed by atoms with E-state index in [1.165, 1.54) is 18.2 Å². The van der Waals surface area contributed by atoms with Gasteiger partial charge in [0.15, 0.2) is 5.78 Å². The molecule has 1 aromatic rings. The van der Waals surface area contributed by atoms with Crippen molar-refractivity contribution in [3.63, 3.8) is 0 Å². The smallest absolute Gasteiger partial charge is 0.232 e. The molecule has 0 aliphatic carbocycles. The van der Waals surface area contributed by atoms with Crippen LogP contribution in [-0.2, 0) is 4.79 Å². The number of hydrogen-bond donors (Lipinski definition) is 0. The highest BCUT2D eigenvalue weighted by Gasteiger charge is 2.16. The van der Waals surface area contributed by atoms with Crippen molar-refractivity contribution in [2.45, 2.75) is 24.2 Å². The second-order valence-corrected chi connectivity index (χ2v) is 6.13. The molecule has 20 heavy (non-hydrogen) atoms. The van der Waals surface area contributed by atoms with Gasteiger partial charge in [-0.1, -0.05) is 12.1 Å². The lowest BCUT2D eigenvalue weighted by Crippen LogP contribution is -2.36. The fourth-order valence-corrected chi connectivity index (χ4v) is 3.15. The summed E-state index contributed by atoms with van der Waals surface area (Å²) in [5, 5.41) is 0. The van der Waals surface area contributed by atoms with Crippen molar-refractivity contribution in [2.24, 2.45) is 0 Å². The quantitative estimate of drug-likeness (QED) is 0.476. The summed E-state index contributed by atoms with van der Waals surface area (Å²) in [4.78, 5) is 26.4. The van der Waals surface area contributed by atoms with Gasteiger partial charge >= 0.3 is 0 Å². The normalized spacial score (nSPS) is 15.2. The summed E-state index contributed by atoms with van der Waals surface area (Å²) in [7, 11) is 0. The average molecular weight is 312 g/mol. The van der Waals surface area contributed by atoms with E-state index in [0.717, 1.165) is 30.8 Å². The van der Waals surface area contributed by atoms with Gasteiger partial charge in [-0.3, -0.25) is 9.59 Å². The van der Waals surface area contributed by atoms with Crippen LogP contribution in [0.1, 0.15) is 29.6 Å². The molecule has 0 unspecified atom stereocenters. The van der Waals surface area contributed by atoms with Crippen LogP contribution in [0.2, 0.25) is 0 Å². The Morgan fingerprint density at radius 2 is 1.75 bits per heavy atom. The Hall–Kier alpha value is -1.00. The van der Waals surface area contributed by atoms with Crippen LogP contribution in [-0.4, -0.2) is 41.3 Å². The maximum atomic E-state index is 12.0. The second kappa shape index (κ2) is 7.70. The van der Waals surface area contributed by atoms with E-state index >= 15 is 0 Å². The molecule has 2 rings (SSSR count). The predicted molar refractivity (Wildman–Crippen MR) is 82.6 cm³/mol. The minimum Gasteiger partial charge on any atom is -0.342 e. The van der Waals surface area contributed by atoms with Gasteiger partial charge in [0.1, 0.15) is 0 Å². The van der Waals surface area contributed by atoms with Crippen molar-refractivity contribution < 1.29 is 9.59 Å². The Morgan fingerprint density at radius 1 is 1.10 bits per heavy atom. The third kappa shape index (κ3) is 4.25. The number of halogens is 1. The number of nitrogens with zero attached hydrogens (tertiary/aromatic N) is 1. The molecular formula is C15H18ClNO2S. The van der Waals surface area contributed by atoms with Gasteiger partial charge in [-0.15, -0.1) is 23.4 Å². The molecule has 0 radical (unpaired) electrons. The van der Waals surface area contributed by atoms with Crippen LogP contribution in [0.15, 0.2) is 29.2 Å². The van der Waals surface area contributed by atoms with E-state index in [-0.39, 0.29) is 17.6 Å². The molecule has 1 fully saturated rings. The number of rotatable bonds is 5. The molecule has 1 amide bonds. The zero-order chi connectivity index (χ0) is 14.4. The van der Waals surface area contributed by atoms with Crippen LogP contribution in [0.25, 0.3) is 0 Å². The fraction of sp³-hybridized carbons (Fsp3) is 0.467. The molecule has 1 saturated heterocycles. The molecule has 1 aliphatic heterocycles. The highest BCUT2D eigenvalue weighted by molar-refractivity contribution is 8.00. The number of hydrogen-bond acceptors (Lipinski definition) is 3. The Labute approximate surface area is 128 Å². The summed E-state index contributed by atoms with van der Waals surface area (Å²) in [6, 6.07) is 7.26. The van der Waals surface area contributed by atoms with E-state index in [1.54, 1.807) is 12.1 Å². The molecule has 0 spiro atoms. The van der Waals surface area contributed by atoms with Crippen LogP contribution in [0.4, 0.5) is 0 Å². The summed E-state index contributed by atoms with van der Waals surface area (Å²) >= 11 is 7.02. The monoisotopic (exact) mass is 311 g/mol. The summed E-state index contributed by atoms with van der Waals surface area (Å²) in [6.45, 7) is 1.78. The third-order valence-electron chi connectivity index (χ3n) is 3.37. The van der Waals surface area contributed by atoms with Crippen LogP contribution in [0.5, 0.6) is 0 Å². The Kier molecular flexibility index (Phi) is 5.92. The summed E-state index contributed by atoms with van der Waals surface area (Å²) in [6.07, 6.45) is 3.46. The molecule has 0 bridgehead atoms. The van der Waals surface area contributed by atoms with Crippen LogP contribution in [0, 0.1) is 0 Å². The molecule has 3 nitrogen and oxygen atoms in total. The second-order valence-electron chi connectivity index (χ2n) is 4.81. The van der Waals surface area contributed by atoms with Gasteiger partial charge in [-0.25, -0.2) is 0 Å². The van der Waals surface area contributed by atoms with Crippen LogP contribution in [0.3, 0.4) is 0 Å². The fourth-order valence-electron chi connectivity index (χ4n) is 2.19. The van der Waals surface area contributed by atoms with E-state index in [1.807, 2.05) is 17.0 Å². The molecule has 108 valence electrons. The Balaban J connectivity index is 1.84. The Morgan fingerprint density at radius 3 is 2.35 bits per heavy atom. The average Bonchev–Trinajstić information content (AvgIpc) is 2.53. The number of thioether (sulfide) groups is 1. The molecule has 0 saturated carbocycles. The standard InChI is InChI=1S/C15H18ClNO2S/c16-10-14(18)12-4-6-13(7-5-12)20-11-15(19)17-8-2-1-3-9-17/h4-7H,1-3,8-11H2. The number of carbonyl (C=O) groups is 2. The molecule has 5 heteroatoms. The van der Waals surface area contributed by atoms with Crippen LogP contribution >= 0.6 is 23.4 Å². The number of Topliss-reactive ketones (excluding diaryl/α,β-unsaturated/α-hetero) is 1. The van der Waals surface area contributed by atoms with Gasteiger partial charge in [0, 0.05) is 23.5 Å². The van der Waals surface area contributed by atoms with Gasteiger partial charge < -0.3 is 4.90 Å². The molecule has 1 aliphatic rings. The first-order chi connectivity index (χ1) is 9.70. The highest BCUT2D eigenvalue weighted by Crippen LogP contribution is 2.20. The summed E-state index contributed by atoms with van der Waals surface area (Å²) in [5.41, 5.74) is 0.617. The van der Waals surface area contributed by atoms with Gasteiger partial charge in [-0.2, -0.15) is 0 Å². The SMILES string of the molecule is O=C(CCl)c1ccc(SCC(=O)N2CCCCC2)cc1. The first-order valence-electron chi connectivity index (χ1n) is 6.80. The lowest BCUT2D eigenvalue weighted by Gasteiger charge is -2.26. The van der Waals surface area contributed by atoms with Crippen molar-refractivity contribution >= 4 is 35.1 Å². The van der Waals surface area contributed by atoms with Crippen molar-refractivity contribution in [1.29, 1.82) is 0 Å². The number of amides is 1. The topological polar surface area (TPSA) is 37.4 Å². The van der Waals surface area contributed by atoms with E-state index in [9.17, 15) is 9.59 Å². The highest BCUT2D eigenvalue weighted by atomic mass is 35.5. The van der Waals surface area contributed by atoms with Crippen molar-refractivity contribution in [3.8, 4) is 0 Å². The number of carbonyl (C=O) groups excluding carboxylic acids is 2. The van der Waals surface area contributed by atoms with Gasteiger partial charge in [0.25, 0.3) is 0 Å². The molecule has 0 aromatic heterocycles. The maximum Gasteiger partial charge on any atom is 0.232 e. The molecular weight excluding hydrogens is 294 g/mol. The molecule has 1 aromatic carbocycles. The maximum absolute atomic E-state index is 12.0. The molecule has 0 atom stereocenters. The molecule has 0 N–H and O–H groups in total. The number of ketones is 1. The minimum absolute atomic E-state index is 0.0000640. The van der Waals surface area contributed by atoms with Gasteiger partial charge in [0.05, 0.1) is 11.6 Å². The summed E-state index contributed by atoms with van der Waals surface area (Å²) in [5.74, 6) is 0.589. The largest absolute Gasteiger partial charge is 0.342 e. The van der Waals surface area contributed by atoms with Crippen molar-refractivity contribution in [1.82, 2.24) is 4.90 Å². The Bertz CT molecular complexity index is 469. The summed E-state index contributed by atoms with van der Waals surface area (Å²) < 4.78 is 0. The zero-order valence-electron chi connectivity index (χ0n) is 11.3. The van der Waals surface area contributed by atoms with Crippen molar-refractivity contribution in [3.05, 3.63) is 29.8 Å². The van der Waals surface area contributed by atoms with E-state index in [0.29, 0.717) is 11.3 Å². The van der Waals surface area contributed by atoms with E-state index in [4.69, 9.17) is 11.6 Å². The third-order valence-corrected chi connectivity index (χ3v) is 4.61. The van der Waals surface area contributed by atoms with Gasteiger partial charge in [0.2, 0.25) is 5.91 Å². The number of piperidine rings is 1. The van der Waals surface area contributed by atoms with Crippen LogP contribution < -0.4 is 0 Å². The van der Waals surface area contributed by atoms with Gasteiger partial charge in [-0.05, 0) is 31.4 Å². The number of benzene rings is 1. The number of alkyl halides is 1. The first kappa shape index (κ1) is 15.4. The lowest BCUT2D eigenvalue weighted by atomic mass is 10.1. The minimum atomic E-state index is -0.0763. The first-order valence-corrected chi connectivity index (χ1v) is 8.32. The van der Waals surface area contributed by atoms with E-state index in [2.05, 4.69) is 0 Å². The molecule has 1 heterocycles. The zero-order valence-corrected chi connectivity index (χ0v) is 12.9.